The van der Waals surface area contributed by atoms with Gasteiger partial charge in [-0.25, -0.2) is 4.79 Å². The number of methoxy groups -OCH3 is 1. The smallest absolute Gasteiger partial charge is 0.413 e. The number of hydrogen-bond acceptors (Lipinski definition) is 5. The van der Waals surface area contributed by atoms with Crippen LogP contribution < -0.4 is 10.6 Å². The summed E-state index contributed by atoms with van der Waals surface area (Å²) in [5, 5.41) is 6.73. The van der Waals surface area contributed by atoms with Crippen LogP contribution in [0.15, 0.2) is 11.4 Å². The van der Waals surface area contributed by atoms with Gasteiger partial charge in [0.15, 0.2) is 0 Å². The third kappa shape index (κ3) is 3.56. The van der Waals surface area contributed by atoms with E-state index in [4.69, 9.17) is 0 Å². The molecule has 98 valence electrons. The molecule has 6 nitrogen and oxygen atoms in total. The molecule has 0 atom stereocenters. The first-order valence-corrected chi connectivity index (χ1v) is 6.11. The molecule has 7 heteroatoms. The molecule has 0 aliphatic rings. The Labute approximate surface area is 108 Å². The zero-order chi connectivity index (χ0) is 13.7. The van der Waals surface area contributed by atoms with Crippen molar-refractivity contribution in [3.8, 4) is 0 Å². The lowest BCUT2D eigenvalue weighted by atomic mass is 10.2. The minimum absolute atomic E-state index is 0.190. The highest BCUT2D eigenvalue weighted by Crippen LogP contribution is 2.23. The molecule has 3 amide bonds. The molecule has 2 N–H and O–H groups in total. The molecule has 0 fully saturated rings. The zero-order valence-corrected chi connectivity index (χ0v) is 11.1. The van der Waals surface area contributed by atoms with Crippen LogP contribution >= 0.6 is 11.3 Å². The third-order valence-corrected chi connectivity index (χ3v) is 2.90. The summed E-state index contributed by atoms with van der Waals surface area (Å²) in [4.78, 5) is 34.1. The molecule has 1 aromatic rings. The highest BCUT2D eigenvalue weighted by atomic mass is 32.1. The van der Waals surface area contributed by atoms with Gasteiger partial charge >= 0.3 is 6.09 Å². The van der Waals surface area contributed by atoms with E-state index in [1.807, 2.05) is 5.32 Å². The van der Waals surface area contributed by atoms with E-state index in [0.717, 1.165) is 7.11 Å². The third-order valence-electron chi connectivity index (χ3n) is 2.07. The first-order valence-electron chi connectivity index (χ1n) is 5.23. The maximum atomic E-state index is 11.7. The fourth-order valence-corrected chi connectivity index (χ4v) is 1.84. The number of carbonyl (C=O) groups excluding carboxylic acids is 3. The van der Waals surface area contributed by atoms with Gasteiger partial charge in [-0.15, -0.1) is 11.3 Å². The number of ether oxygens (including phenoxy) is 1. The Balaban J connectivity index is 2.79. The van der Waals surface area contributed by atoms with Crippen molar-refractivity contribution in [1.29, 1.82) is 0 Å². The second kappa shape index (κ2) is 6.15. The summed E-state index contributed by atoms with van der Waals surface area (Å²) in [5.74, 6) is -0.990. The van der Waals surface area contributed by atoms with Crippen LogP contribution in [-0.4, -0.2) is 25.0 Å². The number of nitrogens with one attached hydrogen (secondary N) is 2. The Kier molecular flexibility index (Phi) is 4.85. The lowest BCUT2D eigenvalue weighted by Crippen LogP contribution is -2.30. The number of imide groups is 1. The number of carbonyl (C=O) groups is 3. The van der Waals surface area contributed by atoms with Gasteiger partial charge in [-0.3, -0.25) is 14.9 Å². The fraction of sp³-hybridized carbons (Fsp3) is 0.364. The van der Waals surface area contributed by atoms with E-state index in [2.05, 4.69) is 10.1 Å². The Morgan fingerprint density at radius 3 is 2.56 bits per heavy atom. The molecular weight excluding hydrogens is 256 g/mol. The van der Waals surface area contributed by atoms with Gasteiger partial charge in [0, 0.05) is 5.92 Å². The van der Waals surface area contributed by atoms with Crippen LogP contribution in [0.2, 0.25) is 0 Å². The van der Waals surface area contributed by atoms with Gasteiger partial charge < -0.3 is 10.1 Å². The molecule has 18 heavy (non-hydrogen) atoms. The molecule has 1 heterocycles. The molecule has 0 bridgehead atoms. The van der Waals surface area contributed by atoms with Crippen LogP contribution in [-0.2, 0) is 9.53 Å². The van der Waals surface area contributed by atoms with Gasteiger partial charge in [-0.1, -0.05) is 13.8 Å². The van der Waals surface area contributed by atoms with Crippen LogP contribution in [0.1, 0.15) is 24.2 Å². The Morgan fingerprint density at radius 2 is 2.00 bits per heavy atom. The Bertz CT molecular complexity index is 467. The molecule has 0 aromatic carbocycles. The predicted octanol–water partition coefficient (Wildman–Crippen LogP) is 1.84. The van der Waals surface area contributed by atoms with Gasteiger partial charge in [-0.05, 0) is 11.4 Å². The topological polar surface area (TPSA) is 84.5 Å². The van der Waals surface area contributed by atoms with Gasteiger partial charge in [-0.2, -0.15) is 0 Å². The highest BCUT2D eigenvalue weighted by molar-refractivity contribution is 7.14. The average molecular weight is 270 g/mol. The predicted molar refractivity (Wildman–Crippen MR) is 67.7 cm³/mol. The lowest BCUT2D eigenvalue weighted by molar-refractivity contribution is -0.118. The molecule has 0 aliphatic carbocycles. The van der Waals surface area contributed by atoms with Crippen molar-refractivity contribution in [2.45, 2.75) is 13.8 Å². The van der Waals surface area contributed by atoms with Crippen molar-refractivity contribution >= 4 is 34.2 Å². The van der Waals surface area contributed by atoms with E-state index < -0.39 is 12.0 Å². The quantitative estimate of drug-likeness (QED) is 0.877. The number of anilines is 1. The summed E-state index contributed by atoms with van der Waals surface area (Å²) in [7, 11) is 1.16. The number of rotatable bonds is 3. The molecule has 0 spiro atoms. The van der Waals surface area contributed by atoms with E-state index in [1.165, 1.54) is 17.4 Å². The molecule has 0 radical (unpaired) electrons. The number of thiophene rings is 1. The maximum Gasteiger partial charge on any atom is 0.413 e. The summed E-state index contributed by atoms with van der Waals surface area (Å²) >= 11 is 1.21. The highest BCUT2D eigenvalue weighted by Gasteiger charge is 2.18. The van der Waals surface area contributed by atoms with Crippen molar-refractivity contribution in [1.82, 2.24) is 5.32 Å². The minimum Gasteiger partial charge on any atom is -0.453 e. The Hall–Kier alpha value is -1.89. The first kappa shape index (κ1) is 14.2. The monoisotopic (exact) mass is 270 g/mol. The minimum atomic E-state index is -0.840. The maximum absolute atomic E-state index is 11.7. The van der Waals surface area contributed by atoms with Gasteiger partial charge in [0.2, 0.25) is 5.91 Å². The van der Waals surface area contributed by atoms with Crippen LogP contribution in [0, 0.1) is 5.92 Å². The average Bonchev–Trinajstić information content (AvgIpc) is 2.76. The second-order valence-electron chi connectivity index (χ2n) is 3.75. The first-order chi connectivity index (χ1) is 8.45. The zero-order valence-electron chi connectivity index (χ0n) is 10.3. The van der Waals surface area contributed by atoms with Gasteiger partial charge in [0.1, 0.15) is 5.00 Å². The van der Waals surface area contributed by atoms with Crippen LogP contribution in [0.25, 0.3) is 0 Å². The van der Waals surface area contributed by atoms with E-state index in [-0.39, 0.29) is 17.4 Å². The van der Waals surface area contributed by atoms with E-state index >= 15 is 0 Å². The molecule has 1 rings (SSSR count). The molecule has 0 saturated carbocycles. The van der Waals surface area contributed by atoms with Gasteiger partial charge in [0.05, 0.1) is 12.7 Å². The van der Waals surface area contributed by atoms with Crippen molar-refractivity contribution in [2.24, 2.45) is 5.92 Å². The molecule has 0 saturated heterocycles. The van der Waals surface area contributed by atoms with Crippen molar-refractivity contribution in [2.75, 3.05) is 12.4 Å². The Morgan fingerprint density at radius 1 is 1.33 bits per heavy atom. The summed E-state index contributed by atoms with van der Waals surface area (Å²) in [6, 6.07) is 1.53. The molecule has 0 aliphatic heterocycles. The number of alkyl carbamates (subject to hydrolysis) is 1. The standard InChI is InChI=1S/C11H14N2O4S/c1-6(2)8(14)12-10-7(4-5-18-10)9(15)13-11(16)17-3/h4-6H,1-3H3,(H,12,14)(H,13,15,16). The SMILES string of the molecule is COC(=O)NC(=O)c1ccsc1NC(=O)C(C)C. The van der Waals surface area contributed by atoms with E-state index in [9.17, 15) is 14.4 Å². The van der Waals surface area contributed by atoms with Crippen molar-refractivity contribution in [3.05, 3.63) is 17.0 Å². The lowest BCUT2D eigenvalue weighted by Gasteiger charge is -2.08. The van der Waals surface area contributed by atoms with Crippen LogP contribution in [0.5, 0.6) is 0 Å². The van der Waals surface area contributed by atoms with E-state index in [1.54, 1.807) is 19.2 Å². The summed E-state index contributed by atoms with van der Waals surface area (Å²) in [6.45, 7) is 3.49. The van der Waals surface area contributed by atoms with Gasteiger partial charge in [0.25, 0.3) is 5.91 Å². The number of hydrogen-bond donors (Lipinski definition) is 2. The molecule has 0 unspecified atom stereocenters. The summed E-state index contributed by atoms with van der Waals surface area (Å²) < 4.78 is 4.32. The molecular formula is C11H14N2O4S. The van der Waals surface area contributed by atoms with Crippen molar-refractivity contribution in [3.63, 3.8) is 0 Å². The normalized spacial score (nSPS) is 10.0. The van der Waals surface area contributed by atoms with E-state index in [0.29, 0.717) is 5.00 Å². The molecule has 1 aromatic heterocycles. The fourth-order valence-electron chi connectivity index (χ4n) is 1.05. The van der Waals surface area contributed by atoms with Crippen molar-refractivity contribution < 1.29 is 19.1 Å². The second-order valence-corrected chi connectivity index (χ2v) is 4.67. The number of amides is 3. The summed E-state index contributed by atoms with van der Waals surface area (Å²) in [5.41, 5.74) is 0.236. The summed E-state index contributed by atoms with van der Waals surface area (Å²) in [6.07, 6.45) is -0.840. The largest absolute Gasteiger partial charge is 0.453 e. The van der Waals surface area contributed by atoms with Crippen LogP contribution in [0.3, 0.4) is 0 Å². The van der Waals surface area contributed by atoms with Crippen LogP contribution in [0.4, 0.5) is 9.80 Å².